The fourth-order valence-electron chi connectivity index (χ4n) is 8.91. The van der Waals surface area contributed by atoms with Gasteiger partial charge in [0.1, 0.15) is 13.2 Å². The zero-order valence-corrected chi connectivity index (χ0v) is 60.2. The van der Waals surface area contributed by atoms with E-state index >= 15 is 0 Å². The lowest BCUT2D eigenvalue weighted by Crippen LogP contribution is -2.40. The Bertz CT molecular complexity index is 2420. The van der Waals surface area contributed by atoms with Crippen LogP contribution in [0.1, 0.15) is 232 Å². The first-order chi connectivity index (χ1) is 46.6. The second-order valence-electron chi connectivity index (χ2n) is 24.4. The number of unbranched alkanes of at least 4 members (excludes halogenated alkanes) is 11. The highest BCUT2D eigenvalue weighted by atomic mass is 16.7. The molecule has 0 aromatic heterocycles. The molecule has 9 nitrogen and oxygen atoms in total. The first-order valence-electron chi connectivity index (χ1n) is 36.5. The zero-order chi connectivity index (χ0) is 69.0. The first-order valence-corrected chi connectivity index (χ1v) is 36.5. The van der Waals surface area contributed by atoms with Crippen LogP contribution in [-0.4, -0.2) is 87.4 Å². The molecule has 0 aromatic rings. The molecule has 95 heavy (non-hydrogen) atoms. The Morgan fingerprint density at radius 2 is 0.568 bits per heavy atom. The zero-order valence-electron chi connectivity index (χ0n) is 60.2. The van der Waals surface area contributed by atoms with Gasteiger partial charge in [0.25, 0.3) is 6.29 Å². The van der Waals surface area contributed by atoms with Crippen molar-refractivity contribution >= 4 is 17.9 Å². The minimum absolute atomic E-state index is 0.167. The monoisotopic (exact) mass is 1310 g/mol. The maximum atomic E-state index is 13.0. The molecule has 0 aliphatic carbocycles. The molecule has 2 unspecified atom stereocenters. The van der Waals surface area contributed by atoms with Crippen LogP contribution in [0.4, 0.5) is 0 Å². The smallest absolute Gasteiger partial charge is 0.361 e. The molecule has 0 saturated carbocycles. The normalized spacial score (nSPS) is 14.1. The summed E-state index contributed by atoms with van der Waals surface area (Å²) in [6, 6.07) is 0. The summed E-state index contributed by atoms with van der Waals surface area (Å²) in [4.78, 5) is 37.7. The summed E-state index contributed by atoms with van der Waals surface area (Å²) >= 11 is 0. The lowest BCUT2D eigenvalue weighted by Gasteiger charge is -2.25. The molecule has 0 heterocycles. The van der Waals surface area contributed by atoms with E-state index in [4.69, 9.17) is 18.9 Å². The standard InChI is InChI=1S/C86H131NO8/c1-6-8-10-12-14-16-18-20-22-24-26-28-30-32-34-36-37-38-39-40-41-42-43-44-45-46-47-49-51-53-55-57-59-61-63-65-67-69-71-73-75-77-84(89)95-82(81-94-86(85(90)91)92-79-78-87(3,4)5)80-93-83(88)76-74-72-70-68-66-64-62-60-58-56-54-52-50-48-35-33-31-29-27-25-23-21-19-17-15-13-11-9-7-2/h8-11,14-17,20-23,26-29,32-35,37-38,40-41,43-44,46-47,50-53,56-59,63,65,82,86H,6-7,12-13,18-19,24-25,30-31,36,39,42,45,48-49,54-55,60-62,64,66-81H2,1-5H3/p+1/b10-8-,11-9-,16-14-,17-15-,22-20-,23-21-,28-26-,29-27-,34-32-,35-33-,38-37-,41-40-,44-43-,47-46-,52-50-,53-51-,58-56-,59-57-,65-63-. The Kier molecular flexibility index (Phi) is 68.0. The highest BCUT2D eigenvalue weighted by Crippen LogP contribution is 2.14. The van der Waals surface area contributed by atoms with Crippen molar-refractivity contribution in [1.82, 2.24) is 0 Å². The maximum absolute atomic E-state index is 13.0. The highest BCUT2D eigenvalue weighted by molar-refractivity contribution is 5.71. The van der Waals surface area contributed by atoms with Crippen molar-refractivity contribution in [2.75, 3.05) is 47.5 Å². The van der Waals surface area contributed by atoms with Crippen LogP contribution in [0.3, 0.4) is 0 Å². The summed E-state index contributed by atoms with van der Waals surface area (Å²) in [5.74, 6) is -2.08. The fraction of sp³-hybridized carbons (Fsp3) is 0.523. The third kappa shape index (κ3) is 74.6. The Balaban J connectivity index is 4.28. The molecular weight excluding hydrogens is 1170 g/mol. The van der Waals surface area contributed by atoms with Crippen LogP contribution < -0.4 is 0 Å². The average molecular weight is 1310 g/mol. The molecule has 0 aliphatic heterocycles. The van der Waals surface area contributed by atoms with Crippen LogP contribution in [0, 0.1) is 0 Å². The van der Waals surface area contributed by atoms with Gasteiger partial charge in [-0.1, -0.05) is 290 Å². The van der Waals surface area contributed by atoms with E-state index in [1.807, 2.05) is 21.1 Å². The molecule has 0 rings (SSSR count). The van der Waals surface area contributed by atoms with Crippen LogP contribution in [-0.2, 0) is 33.3 Å². The molecule has 2 atom stereocenters. The number of carboxylic acids is 1. The summed E-state index contributed by atoms with van der Waals surface area (Å²) in [6.07, 6.45) is 114. The van der Waals surface area contributed by atoms with Gasteiger partial charge in [-0.3, -0.25) is 9.59 Å². The summed E-state index contributed by atoms with van der Waals surface area (Å²) < 4.78 is 22.9. The van der Waals surface area contributed by atoms with Gasteiger partial charge in [-0.2, -0.15) is 0 Å². The second kappa shape index (κ2) is 73.2. The van der Waals surface area contributed by atoms with Gasteiger partial charge in [0.2, 0.25) is 0 Å². The van der Waals surface area contributed by atoms with Crippen molar-refractivity contribution in [2.45, 2.75) is 245 Å². The topological polar surface area (TPSA) is 108 Å². The molecule has 0 radical (unpaired) electrons. The highest BCUT2D eigenvalue weighted by Gasteiger charge is 2.25. The second-order valence-corrected chi connectivity index (χ2v) is 24.4. The number of esters is 2. The summed E-state index contributed by atoms with van der Waals surface area (Å²) in [5.41, 5.74) is 0. The summed E-state index contributed by atoms with van der Waals surface area (Å²) in [5, 5.41) is 9.75. The Hall–Kier alpha value is -6.65. The molecule has 0 spiro atoms. The van der Waals surface area contributed by atoms with E-state index in [9.17, 15) is 19.5 Å². The van der Waals surface area contributed by atoms with Gasteiger partial charge in [-0.05, 0) is 161 Å². The third-order valence-electron chi connectivity index (χ3n) is 14.4. The quantitative estimate of drug-likeness (QED) is 0.0211. The lowest BCUT2D eigenvalue weighted by atomic mass is 10.1. The number of carbonyl (C=O) groups is 3. The molecule has 1 N–H and O–H groups in total. The summed E-state index contributed by atoms with van der Waals surface area (Å²) in [7, 11) is 5.94. The maximum Gasteiger partial charge on any atom is 0.361 e. The van der Waals surface area contributed by atoms with Gasteiger partial charge in [-0.25, -0.2) is 4.79 Å². The minimum Gasteiger partial charge on any atom is -0.477 e. The number of likely N-dealkylation sites (N-methyl/N-ethyl adjacent to an activating group) is 1. The van der Waals surface area contributed by atoms with E-state index in [1.54, 1.807) is 0 Å². The number of quaternary nitrogens is 1. The molecule has 528 valence electrons. The molecule has 0 aliphatic rings. The predicted molar refractivity (Wildman–Crippen MR) is 409 cm³/mol. The van der Waals surface area contributed by atoms with Gasteiger partial charge < -0.3 is 28.5 Å². The predicted octanol–water partition coefficient (Wildman–Crippen LogP) is 23.5. The number of carboxylic acid groups (broad SMARTS) is 1. The Labute approximate surface area is 580 Å². The Morgan fingerprint density at radius 1 is 0.316 bits per heavy atom. The lowest BCUT2D eigenvalue weighted by molar-refractivity contribution is -0.870. The molecule has 9 heteroatoms. The van der Waals surface area contributed by atoms with E-state index in [2.05, 4.69) is 245 Å². The first kappa shape index (κ1) is 88.4. The molecule has 0 saturated heterocycles. The number of hydrogen-bond acceptors (Lipinski definition) is 7. The van der Waals surface area contributed by atoms with Crippen LogP contribution in [0.25, 0.3) is 0 Å². The summed E-state index contributed by atoms with van der Waals surface area (Å²) in [6.45, 7) is 4.57. The number of hydrogen-bond donors (Lipinski definition) is 1. The van der Waals surface area contributed by atoms with Crippen molar-refractivity contribution in [3.8, 4) is 0 Å². The average Bonchev–Trinajstić information content (AvgIpc) is 3.54. The number of ether oxygens (including phenoxy) is 4. The van der Waals surface area contributed by atoms with Gasteiger partial charge in [0.15, 0.2) is 6.10 Å². The minimum atomic E-state index is -1.54. The van der Waals surface area contributed by atoms with Gasteiger partial charge >= 0.3 is 17.9 Å². The van der Waals surface area contributed by atoms with Crippen LogP contribution in [0.15, 0.2) is 231 Å². The van der Waals surface area contributed by atoms with Crippen molar-refractivity contribution in [2.24, 2.45) is 0 Å². The molecule has 0 fully saturated rings. The van der Waals surface area contributed by atoms with E-state index in [-0.39, 0.29) is 38.6 Å². The molecule has 0 aromatic carbocycles. The Morgan fingerprint density at radius 3 is 0.842 bits per heavy atom. The van der Waals surface area contributed by atoms with Crippen molar-refractivity contribution in [3.05, 3.63) is 231 Å². The van der Waals surface area contributed by atoms with Crippen molar-refractivity contribution in [3.63, 3.8) is 0 Å². The van der Waals surface area contributed by atoms with Crippen LogP contribution in [0.2, 0.25) is 0 Å². The fourth-order valence-corrected chi connectivity index (χ4v) is 8.91. The van der Waals surface area contributed by atoms with Crippen LogP contribution in [0.5, 0.6) is 0 Å². The molecule has 0 bridgehead atoms. The van der Waals surface area contributed by atoms with Crippen molar-refractivity contribution in [1.29, 1.82) is 0 Å². The number of aliphatic carboxylic acids is 1. The van der Waals surface area contributed by atoms with E-state index in [0.717, 1.165) is 180 Å². The van der Waals surface area contributed by atoms with E-state index < -0.39 is 24.3 Å². The van der Waals surface area contributed by atoms with Gasteiger partial charge in [0, 0.05) is 12.8 Å². The molecular formula is C86H132NO8+. The van der Waals surface area contributed by atoms with E-state index in [1.165, 1.54) is 19.3 Å². The van der Waals surface area contributed by atoms with E-state index in [0.29, 0.717) is 17.4 Å². The SMILES string of the molecule is CC/C=C\C/C=C\C/C=C\C/C=C\C/C=C\C/C=C\C/C=C\C/C=C\C/C=C\C/C=C\C/C=C\C/C=C\CCCCCCC(=O)OC(COC(=O)CCCCCCCCC/C=C\C/C=C\C/C=C\C/C=C\C/C=C\C/C=C\C/C=C\CC)COC(OCC[N+](C)(C)C)C(=O)O. The number of nitrogens with zero attached hydrogens (tertiary/aromatic N) is 1. The molecule has 0 amide bonds. The number of carbonyl (C=O) groups excluding carboxylic acids is 2. The van der Waals surface area contributed by atoms with Crippen molar-refractivity contribution < 1.29 is 42.9 Å². The number of rotatable bonds is 64. The number of allylic oxidation sites excluding steroid dienone is 38. The van der Waals surface area contributed by atoms with Gasteiger partial charge in [-0.15, -0.1) is 0 Å². The van der Waals surface area contributed by atoms with Crippen LogP contribution >= 0.6 is 0 Å². The van der Waals surface area contributed by atoms with Gasteiger partial charge in [0.05, 0.1) is 34.4 Å². The third-order valence-corrected chi connectivity index (χ3v) is 14.4. The largest absolute Gasteiger partial charge is 0.477 e.